The largest absolute Gasteiger partial charge is 0.497 e. The van der Waals surface area contributed by atoms with E-state index < -0.39 is 0 Å². The van der Waals surface area contributed by atoms with Gasteiger partial charge < -0.3 is 23.8 Å². The molecule has 0 aliphatic carbocycles. The molecule has 6 nitrogen and oxygen atoms in total. The second kappa shape index (κ2) is 11.4. The highest BCUT2D eigenvalue weighted by Crippen LogP contribution is 2.39. The second-order valence-corrected chi connectivity index (χ2v) is 9.04. The van der Waals surface area contributed by atoms with Crippen LogP contribution in [0, 0.1) is 5.82 Å². The average Bonchev–Trinajstić information content (AvgIpc) is 2.90. The summed E-state index contributed by atoms with van der Waals surface area (Å²) in [6.07, 6.45) is 0.696. The lowest BCUT2D eigenvalue weighted by atomic mass is 9.92. The molecule has 184 valence electrons. The monoisotopic (exact) mass is 497 g/mol. The number of amides is 1. The summed E-state index contributed by atoms with van der Waals surface area (Å²) in [6.45, 7) is 0.837. The van der Waals surface area contributed by atoms with Crippen LogP contribution >= 0.6 is 11.8 Å². The van der Waals surface area contributed by atoms with Crippen LogP contribution in [0.25, 0.3) is 0 Å². The third-order valence-electron chi connectivity index (χ3n) is 5.97. The van der Waals surface area contributed by atoms with E-state index in [2.05, 4.69) is 0 Å². The Morgan fingerprint density at radius 3 is 2.26 bits per heavy atom. The van der Waals surface area contributed by atoms with Gasteiger partial charge in [-0.25, -0.2) is 4.39 Å². The van der Waals surface area contributed by atoms with Crippen molar-refractivity contribution in [2.45, 2.75) is 17.4 Å². The molecule has 1 amide bonds. The number of carbonyl (C=O) groups is 1. The summed E-state index contributed by atoms with van der Waals surface area (Å²) in [7, 11) is 4.82. The van der Waals surface area contributed by atoms with Crippen molar-refractivity contribution in [3.05, 3.63) is 77.6 Å². The maximum absolute atomic E-state index is 13.3. The summed E-state index contributed by atoms with van der Waals surface area (Å²) >= 11 is 1.39. The lowest BCUT2D eigenvalue weighted by molar-refractivity contribution is -0.132. The van der Waals surface area contributed by atoms with Crippen molar-refractivity contribution in [2.24, 2.45) is 0 Å². The van der Waals surface area contributed by atoms with Gasteiger partial charge in [0.2, 0.25) is 5.91 Å². The van der Waals surface area contributed by atoms with Gasteiger partial charge in [-0.3, -0.25) is 4.79 Å². The lowest BCUT2D eigenvalue weighted by Gasteiger charge is -2.37. The normalized spacial score (nSPS) is 14.7. The number of benzene rings is 3. The topological polar surface area (TPSA) is 57.2 Å². The number of methoxy groups -OCH3 is 3. The van der Waals surface area contributed by atoms with Gasteiger partial charge in [0.05, 0.1) is 33.1 Å². The highest BCUT2D eigenvalue weighted by atomic mass is 32.2. The van der Waals surface area contributed by atoms with Crippen molar-refractivity contribution >= 4 is 17.7 Å². The molecule has 3 aromatic carbocycles. The Morgan fingerprint density at radius 1 is 0.943 bits per heavy atom. The number of fused-ring (bicyclic) bond motifs is 1. The smallest absolute Gasteiger partial charge is 0.233 e. The predicted octanol–water partition coefficient (Wildman–Crippen LogP) is 5.15. The molecular formula is C27H28FNO5S. The lowest BCUT2D eigenvalue weighted by Crippen LogP contribution is -2.43. The van der Waals surface area contributed by atoms with Gasteiger partial charge in [-0.1, -0.05) is 0 Å². The third-order valence-corrected chi connectivity index (χ3v) is 6.96. The number of thioether (sulfide) groups is 1. The molecule has 0 fully saturated rings. The molecule has 0 radical (unpaired) electrons. The van der Waals surface area contributed by atoms with Crippen molar-refractivity contribution in [1.82, 2.24) is 4.90 Å². The minimum absolute atomic E-state index is 0.0110. The van der Waals surface area contributed by atoms with Crippen LogP contribution < -0.4 is 18.9 Å². The van der Waals surface area contributed by atoms with E-state index in [1.54, 1.807) is 33.5 Å². The average molecular weight is 498 g/mol. The Labute approximate surface area is 208 Å². The van der Waals surface area contributed by atoms with Gasteiger partial charge in [-0.2, -0.15) is 0 Å². The number of rotatable bonds is 9. The maximum atomic E-state index is 13.3. The van der Waals surface area contributed by atoms with E-state index in [0.29, 0.717) is 30.2 Å². The standard InChI is InChI=1S/C27H28FNO5S/c1-31-20-6-8-21(9-7-20)34-16-24-23-15-26(33-3)25(32-2)14-18(23)12-13-29(24)27(30)17-35-22-10-4-19(28)5-11-22/h4-11,14-15,24H,12-13,16-17H2,1-3H3. The first-order valence-corrected chi connectivity index (χ1v) is 12.2. The first kappa shape index (κ1) is 24.7. The number of carbonyl (C=O) groups excluding carboxylic acids is 1. The highest BCUT2D eigenvalue weighted by molar-refractivity contribution is 8.00. The van der Waals surface area contributed by atoms with Crippen LogP contribution in [0.4, 0.5) is 4.39 Å². The van der Waals surface area contributed by atoms with Crippen molar-refractivity contribution in [3.8, 4) is 23.0 Å². The zero-order chi connectivity index (χ0) is 24.8. The van der Waals surface area contributed by atoms with Crippen LogP contribution in [0.2, 0.25) is 0 Å². The van der Waals surface area contributed by atoms with Gasteiger partial charge >= 0.3 is 0 Å². The molecule has 0 spiro atoms. The molecule has 1 heterocycles. The van der Waals surface area contributed by atoms with Crippen LogP contribution in [-0.4, -0.2) is 51.0 Å². The van der Waals surface area contributed by atoms with Crippen molar-refractivity contribution in [3.63, 3.8) is 0 Å². The molecule has 1 unspecified atom stereocenters. The Balaban J connectivity index is 1.57. The van der Waals surface area contributed by atoms with E-state index in [0.717, 1.165) is 21.8 Å². The van der Waals surface area contributed by atoms with Crippen molar-refractivity contribution in [1.29, 1.82) is 0 Å². The molecule has 1 aliphatic heterocycles. The molecule has 0 saturated carbocycles. The number of hydrogen-bond acceptors (Lipinski definition) is 6. The zero-order valence-electron chi connectivity index (χ0n) is 20.0. The Bertz CT molecular complexity index is 1150. The maximum Gasteiger partial charge on any atom is 0.233 e. The first-order chi connectivity index (χ1) is 17.0. The van der Waals surface area contributed by atoms with Crippen LogP contribution in [-0.2, 0) is 11.2 Å². The molecule has 0 aromatic heterocycles. The summed E-state index contributed by atoms with van der Waals surface area (Å²) in [4.78, 5) is 16.0. The van der Waals surface area contributed by atoms with Gasteiger partial charge in [0, 0.05) is 11.4 Å². The van der Waals surface area contributed by atoms with E-state index in [4.69, 9.17) is 18.9 Å². The van der Waals surface area contributed by atoms with E-state index in [1.165, 1.54) is 23.9 Å². The summed E-state index contributed by atoms with van der Waals surface area (Å²) in [5.74, 6) is 2.63. The van der Waals surface area contributed by atoms with E-state index in [9.17, 15) is 9.18 Å². The molecule has 0 N–H and O–H groups in total. The Hall–Kier alpha value is -3.39. The van der Waals surface area contributed by atoms with E-state index >= 15 is 0 Å². The van der Waals surface area contributed by atoms with Gasteiger partial charge in [-0.05, 0) is 78.2 Å². The first-order valence-electron chi connectivity index (χ1n) is 11.2. The van der Waals surface area contributed by atoms with Crippen LogP contribution in [0.5, 0.6) is 23.0 Å². The fourth-order valence-corrected chi connectivity index (χ4v) is 4.90. The van der Waals surface area contributed by atoms with Gasteiger partial charge in [-0.15, -0.1) is 11.8 Å². The molecule has 0 saturated heterocycles. The molecular weight excluding hydrogens is 469 g/mol. The molecule has 1 aliphatic rings. The number of halogens is 1. The highest BCUT2D eigenvalue weighted by Gasteiger charge is 2.32. The summed E-state index contributed by atoms with van der Waals surface area (Å²) in [5.41, 5.74) is 2.07. The van der Waals surface area contributed by atoms with Gasteiger partial charge in [0.25, 0.3) is 0 Å². The fourth-order valence-electron chi connectivity index (χ4n) is 4.11. The SMILES string of the molecule is COc1ccc(OCC2c3cc(OC)c(OC)cc3CCN2C(=O)CSc2ccc(F)cc2)cc1. The number of hydrogen-bond donors (Lipinski definition) is 0. The van der Waals surface area contributed by atoms with E-state index in [1.807, 2.05) is 41.3 Å². The molecule has 3 aromatic rings. The molecule has 0 bridgehead atoms. The second-order valence-electron chi connectivity index (χ2n) is 7.99. The number of nitrogens with zero attached hydrogens (tertiary/aromatic N) is 1. The minimum atomic E-state index is -0.304. The van der Waals surface area contributed by atoms with Crippen LogP contribution in [0.15, 0.2) is 65.6 Å². The fraction of sp³-hybridized carbons (Fsp3) is 0.296. The summed E-state index contributed by atoms with van der Waals surface area (Å²) in [5, 5.41) is 0. The minimum Gasteiger partial charge on any atom is -0.497 e. The predicted molar refractivity (Wildman–Crippen MR) is 133 cm³/mol. The zero-order valence-corrected chi connectivity index (χ0v) is 20.8. The quantitative estimate of drug-likeness (QED) is 0.381. The number of ether oxygens (including phenoxy) is 4. The third kappa shape index (κ3) is 5.82. The Kier molecular flexibility index (Phi) is 8.02. The molecule has 8 heteroatoms. The van der Waals surface area contributed by atoms with Crippen LogP contribution in [0.3, 0.4) is 0 Å². The van der Waals surface area contributed by atoms with Crippen molar-refractivity contribution < 1.29 is 28.1 Å². The van der Waals surface area contributed by atoms with Crippen molar-refractivity contribution in [2.75, 3.05) is 40.2 Å². The van der Waals surface area contributed by atoms with Crippen LogP contribution in [0.1, 0.15) is 17.2 Å². The summed E-state index contributed by atoms with van der Waals surface area (Å²) in [6, 6.07) is 17.1. The van der Waals surface area contributed by atoms with Gasteiger partial charge in [0.15, 0.2) is 11.5 Å². The Morgan fingerprint density at radius 2 is 1.60 bits per heavy atom. The molecule has 1 atom stereocenters. The summed E-state index contributed by atoms with van der Waals surface area (Å²) < 4.78 is 35.6. The van der Waals surface area contributed by atoms with Gasteiger partial charge in [0.1, 0.15) is 23.9 Å². The molecule has 4 rings (SSSR count). The molecule has 35 heavy (non-hydrogen) atoms. The van der Waals surface area contributed by atoms with E-state index in [-0.39, 0.29) is 30.1 Å².